The lowest BCUT2D eigenvalue weighted by Crippen LogP contribution is -2.47. The van der Waals surface area contributed by atoms with Crippen molar-refractivity contribution >= 4 is 17.2 Å². The van der Waals surface area contributed by atoms with Crippen LogP contribution in [0.3, 0.4) is 0 Å². The Morgan fingerprint density at radius 3 is 2.38 bits per heavy atom. The van der Waals surface area contributed by atoms with Crippen LogP contribution in [0.5, 0.6) is 5.75 Å². The molecule has 0 spiro atoms. The average Bonchev–Trinajstić information content (AvgIpc) is 2.94. The van der Waals surface area contributed by atoms with Crippen LogP contribution in [0, 0.1) is 13.8 Å². The summed E-state index contributed by atoms with van der Waals surface area (Å²) in [6.45, 7) is 3.84. The molecule has 128 valence electrons. The zero-order valence-electron chi connectivity index (χ0n) is 14.5. The fourth-order valence-electron chi connectivity index (χ4n) is 3.57. The maximum Gasteiger partial charge on any atom is 0.263 e. The van der Waals surface area contributed by atoms with Crippen molar-refractivity contribution in [3.8, 4) is 5.75 Å². The van der Waals surface area contributed by atoms with Crippen LogP contribution in [-0.2, 0) is 5.54 Å². The van der Waals surface area contributed by atoms with Gasteiger partial charge in [0.25, 0.3) is 5.91 Å². The van der Waals surface area contributed by atoms with E-state index in [4.69, 9.17) is 4.74 Å². The van der Waals surface area contributed by atoms with E-state index in [1.807, 2.05) is 26.0 Å². The van der Waals surface area contributed by atoms with Gasteiger partial charge in [-0.1, -0.05) is 31.4 Å². The molecule has 1 aliphatic carbocycles. The van der Waals surface area contributed by atoms with Gasteiger partial charge in [0.1, 0.15) is 10.6 Å². The van der Waals surface area contributed by atoms with Gasteiger partial charge >= 0.3 is 0 Å². The topological polar surface area (TPSA) is 51.2 Å². The van der Waals surface area contributed by atoms with E-state index in [1.54, 1.807) is 7.11 Å². The van der Waals surface area contributed by atoms with Crippen LogP contribution in [0.4, 0.5) is 0 Å². The number of aromatic nitrogens is 1. The molecule has 1 saturated carbocycles. The maximum atomic E-state index is 12.9. The highest BCUT2D eigenvalue weighted by Crippen LogP contribution is 2.38. The second-order valence-electron chi connectivity index (χ2n) is 6.47. The van der Waals surface area contributed by atoms with Crippen LogP contribution >= 0.6 is 11.3 Å². The Kier molecular flexibility index (Phi) is 4.90. The third-order valence-electron chi connectivity index (χ3n) is 4.81. The van der Waals surface area contributed by atoms with Crippen molar-refractivity contribution in [3.05, 3.63) is 45.4 Å². The number of benzene rings is 1. The standard InChI is InChI=1S/C19H24N2O2S/c1-13-17(24-14(2)20-13)18(22)21-19(11-5-4-6-12-19)15-7-9-16(23-3)10-8-15/h7-10H,4-6,11-12H2,1-3H3,(H,21,22). The first-order valence-corrected chi connectivity index (χ1v) is 9.27. The molecule has 1 N–H and O–H groups in total. The van der Waals surface area contributed by atoms with Gasteiger partial charge in [-0.25, -0.2) is 4.98 Å². The predicted octanol–water partition coefficient (Wildman–Crippen LogP) is 4.36. The number of hydrogen-bond donors (Lipinski definition) is 1. The molecule has 2 aromatic rings. The summed E-state index contributed by atoms with van der Waals surface area (Å²) < 4.78 is 5.26. The van der Waals surface area contributed by atoms with Gasteiger partial charge in [-0.15, -0.1) is 11.3 Å². The van der Waals surface area contributed by atoms with Crippen LogP contribution in [0.15, 0.2) is 24.3 Å². The summed E-state index contributed by atoms with van der Waals surface area (Å²) in [5, 5.41) is 4.28. The number of methoxy groups -OCH3 is 1. The molecule has 5 heteroatoms. The number of thiazole rings is 1. The quantitative estimate of drug-likeness (QED) is 0.896. The summed E-state index contributed by atoms with van der Waals surface area (Å²) in [5.41, 5.74) is 1.69. The summed E-state index contributed by atoms with van der Waals surface area (Å²) in [7, 11) is 1.67. The molecule has 1 fully saturated rings. The number of ether oxygens (including phenoxy) is 1. The molecule has 0 aliphatic heterocycles. The van der Waals surface area contributed by atoms with Crippen molar-refractivity contribution in [2.45, 2.75) is 51.5 Å². The van der Waals surface area contributed by atoms with Gasteiger partial charge in [0.05, 0.1) is 23.4 Å². The summed E-state index contributed by atoms with van der Waals surface area (Å²) in [6, 6.07) is 8.10. The number of aryl methyl sites for hydroxylation is 2. The third-order valence-corrected chi connectivity index (χ3v) is 5.88. The Bertz CT molecular complexity index is 715. The minimum atomic E-state index is -0.286. The molecule has 0 bridgehead atoms. The fourth-order valence-corrected chi connectivity index (χ4v) is 4.38. The lowest BCUT2D eigenvalue weighted by atomic mass is 9.76. The second-order valence-corrected chi connectivity index (χ2v) is 7.68. The van der Waals surface area contributed by atoms with Crippen molar-refractivity contribution in [1.29, 1.82) is 0 Å². The van der Waals surface area contributed by atoms with Gasteiger partial charge in [0.15, 0.2) is 0 Å². The van der Waals surface area contributed by atoms with Crippen molar-refractivity contribution in [1.82, 2.24) is 10.3 Å². The van der Waals surface area contributed by atoms with E-state index >= 15 is 0 Å². The van der Waals surface area contributed by atoms with Crippen LogP contribution in [-0.4, -0.2) is 18.0 Å². The number of nitrogens with one attached hydrogen (secondary N) is 1. The number of amides is 1. The van der Waals surface area contributed by atoms with Crippen molar-refractivity contribution in [2.24, 2.45) is 0 Å². The molecule has 1 heterocycles. The molecule has 24 heavy (non-hydrogen) atoms. The zero-order valence-corrected chi connectivity index (χ0v) is 15.3. The Morgan fingerprint density at radius 2 is 1.83 bits per heavy atom. The number of carbonyl (C=O) groups is 1. The molecule has 0 atom stereocenters. The molecule has 0 saturated heterocycles. The van der Waals surface area contributed by atoms with Gasteiger partial charge in [0.2, 0.25) is 0 Å². The highest BCUT2D eigenvalue weighted by Gasteiger charge is 2.36. The lowest BCUT2D eigenvalue weighted by molar-refractivity contribution is 0.0869. The van der Waals surface area contributed by atoms with Crippen LogP contribution in [0.2, 0.25) is 0 Å². The molecular weight excluding hydrogens is 320 g/mol. The van der Waals surface area contributed by atoms with E-state index < -0.39 is 0 Å². The smallest absolute Gasteiger partial charge is 0.263 e. The first kappa shape index (κ1) is 17.0. The van der Waals surface area contributed by atoms with Gasteiger partial charge < -0.3 is 10.1 Å². The van der Waals surface area contributed by atoms with Crippen molar-refractivity contribution in [2.75, 3.05) is 7.11 Å². The monoisotopic (exact) mass is 344 g/mol. The van der Waals surface area contributed by atoms with Gasteiger partial charge in [-0.05, 0) is 44.4 Å². The predicted molar refractivity (Wildman–Crippen MR) is 96.8 cm³/mol. The molecule has 1 aliphatic rings. The van der Waals surface area contributed by atoms with E-state index in [1.165, 1.54) is 17.8 Å². The number of rotatable bonds is 4. The molecule has 1 aromatic heterocycles. The summed E-state index contributed by atoms with van der Waals surface area (Å²) >= 11 is 1.47. The Hall–Kier alpha value is -1.88. The lowest BCUT2D eigenvalue weighted by Gasteiger charge is -2.38. The maximum absolute atomic E-state index is 12.9. The van der Waals surface area contributed by atoms with Gasteiger partial charge in [0, 0.05) is 0 Å². The molecule has 1 aromatic carbocycles. The van der Waals surface area contributed by atoms with Crippen molar-refractivity contribution < 1.29 is 9.53 Å². The number of carbonyl (C=O) groups excluding carboxylic acids is 1. The average molecular weight is 344 g/mol. The highest BCUT2D eigenvalue weighted by atomic mass is 32.1. The van der Waals surface area contributed by atoms with Crippen LogP contribution in [0.25, 0.3) is 0 Å². The summed E-state index contributed by atoms with van der Waals surface area (Å²) in [5.74, 6) is 0.834. The van der Waals surface area contributed by atoms with E-state index in [9.17, 15) is 4.79 Å². The Balaban J connectivity index is 1.90. The molecule has 0 unspecified atom stereocenters. The minimum absolute atomic E-state index is 0.00387. The normalized spacial score (nSPS) is 16.6. The Labute approximate surface area is 147 Å². The largest absolute Gasteiger partial charge is 0.497 e. The first-order chi connectivity index (χ1) is 11.5. The van der Waals surface area contributed by atoms with Gasteiger partial charge in [-0.3, -0.25) is 4.79 Å². The SMILES string of the molecule is COc1ccc(C2(NC(=O)c3sc(C)nc3C)CCCCC2)cc1. The zero-order chi connectivity index (χ0) is 17.2. The summed E-state index contributed by atoms with van der Waals surface area (Å²) in [4.78, 5) is 18.0. The molecule has 3 rings (SSSR count). The van der Waals surface area contributed by atoms with Crippen LogP contribution < -0.4 is 10.1 Å². The summed E-state index contributed by atoms with van der Waals surface area (Å²) in [6.07, 6.45) is 5.44. The van der Waals surface area contributed by atoms with Gasteiger partial charge in [-0.2, -0.15) is 0 Å². The van der Waals surface area contributed by atoms with E-state index in [0.29, 0.717) is 0 Å². The van der Waals surface area contributed by atoms with E-state index in [-0.39, 0.29) is 11.4 Å². The van der Waals surface area contributed by atoms with Crippen molar-refractivity contribution in [3.63, 3.8) is 0 Å². The minimum Gasteiger partial charge on any atom is -0.497 e. The number of nitrogens with zero attached hydrogens (tertiary/aromatic N) is 1. The second kappa shape index (κ2) is 6.93. The third kappa shape index (κ3) is 3.31. The fraction of sp³-hybridized carbons (Fsp3) is 0.474. The molecular formula is C19H24N2O2S. The first-order valence-electron chi connectivity index (χ1n) is 8.45. The van der Waals surface area contributed by atoms with E-state index in [0.717, 1.165) is 52.6 Å². The Morgan fingerprint density at radius 1 is 1.17 bits per heavy atom. The molecule has 4 nitrogen and oxygen atoms in total. The number of hydrogen-bond acceptors (Lipinski definition) is 4. The van der Waals surface area contributed by atoms with Crippen LogP contribution in [0.1, 0.15) is 58.0 Å². The molecule has 1 amide bonds. The van der Waals surface area contributed by atoms with E-state index in [2.05, 4.69) is 22.4 Å². The molecule has 0 radical (unpaired) electrons. The highest BCUT2D eigenvalue weighted by molar-refractivity contribution is 7.13.